The average molecular weight is 194 g/mol. The first-order chi connectivity index (χ1) is 6.28. The maximum atomic E-state index is 11.9. The van der Waals surface area contributed by atoms with E-state index in [1.54, 1.807) is 6.92 Å². The molecular weight excluding hydrogens is 176 g/mol. The number of hydrogen-bond acceptors (Lipinski definition) is 2. The summed E-state index contributed by atoms with van der Waals surface area (Å²) in [5, 5.41) is 0. The third-order valence-corrected chi connectivity index (χ3v) is 5.38. The van der Waals surface area contributed by atoms with E-state index in [9.17, 15) is 9.59 Å². The van der Waals surface area contributed by atoms with Crippen molar-refractivity contribution in [1.29, 1.82) is 0 Å². The quantitative estimate of drug-likeness (QED) is 0.642. The van der Waals surface area contributed by atoms with Gasteiger partial charge in [0.25, 0.3) is 0 Å². The molecule has 0 aromatic heterocycles. The second-order valence-electron chi connectivity index (χ2n) is 5.70. The summed E-state index contributed by atoms with van der Waals surface area (Å²) in [7, 11) is 0. The second-order valence-corrected chi connectivity index (χ2v) is 5.70. The number of rotatable bonds is 1. The third-order valence-electron chi connectivity index (χ3n) is 5.38. The fraction of sp³-hybridized carbons (Fsp3) is 0.833. The highest BCUT2D eigenvalue weighted by atomic mass is 16.1. The number of Topliss-reactive ketones (excluding diaryl/α,β-unsaturated/α-hetero) is 2. The van der Waals surface area contributed by atoms with Crippen molar-refractivity contribution in [1.82, 2.24) is 0 Å². The van der Waals surface area contributed by atoms with Crippen LogP contribution in [0.2, 0.25) is 0 Å². The Balaban J connectivity index is 2.60. The van der Waals surface area contributed by atoms with Crippen LogP contribution in [0.15, 0.2) is 0 Å². The minimum atomic E-state index is -0.348. The number of carbonyl (C=O) groups is 2. The molecule has 2 heteroatoms. The molecule has 2 saturated carbocycles. The van der Waals surface area contributed by atoms with Gasteiger partial charge in [0.05, 0.1) is 0 Å². The Labute approximate surface area is 85.1 Å². The van der Waals surface area contributed by atoms with Crippen LogP contribution < -0.4 is 0 Å². The molecule has 0 radical (unpaired) electrons. The first-order valence-electron chi connectivity index (χ1n) is 5.32. The van der Waals surface area contributed by atoms with Gasteiger partial charge in [0.15, 0.2) is 0 Å². The van der Waals surface area contributed by atoms with Crippen molar-refractivity contribution in [3.05, 3.63) is 0 Å². The maximum Gasteiger partial charge on any atom is 0.140 e. The van der Waals surface area contributed by atoms with E-state index in [1.807, 2.05) is 6.92 Å². The largest absolute Gasteiger partial charge is 0.299 e. The van der Waals surface area contributed by atoms with Crippen LogP contribution in [0.5, 0.6) is 0 Å². The van der Waals surface area contributed by atoms with Crippen molar-refractivity contribution in [2.24, 2.45) is 16.2 Å². The summed E-state index contributed by atoms with van der Waals surface area (Å²) in [6, 6.07) is 0. The Kier molecular flexibility index (Phi) is 1.61. The van der Waals surface area contributed by atoms with E-state index in [4.69, 9.17) is 0 Å². The summed E-state index contributed by atoms with van der Waals surface area (Å²) < 4.78 is 0. The van der Waals surface area contributed by atoms with Gasteiger partial charge in [-0.15, -0.1) is 0 Å². The highest BCUT2D eigenvalue weighted by Crippen LogP contribution is 2.70. The summed E-state index contributed by atoms with van der Waals surface area (Å²) in [6.45, 7) is 7.86. The molecule has 2 aliphatic rings. The molecule has 0 aromatic carbocycles. The van der Waals surface area contributed by atoms with Gasteiger partial charge in [0.1, 0.15) is 11.6 Å². The smallest absolute Gasteiger partial charge is 0.140 e. The fourth-order valence-corrected chi connectivity index (χ4v) is 3.62. The summed E-state index contributed by atoms with van der Waals surface area (Å²) in [5.74, 6) is 0.501. The van der Waals surface area contributed by atoms with Gasteiger partial charge in [-0.25, -0.2) is 0 Å². The SMILES string of the molecule is CC(=O)C12CCC(C)(C(=O)C1)C2(C)C. The molecule has 2 unspecified atom stereocenters. The standard InChI is InChI=1S/C12H18O2/c1-8(13)12-6-5-11(4,9(14)7-12)10(12,2)3/h5-7H2,1-4H3. The van der Waals surface area contributed by atoms with Crippen molar-refractivity contribution in [3.63, 3.8) is 0 Å². The molecule has 2 nitrogen and oxygen atoms in total. The van der Waals surface area contributed by atoms with Crippen LogP contribution in [0, 0.1) is 16.2 Å². The maximum absolute atomic E-state index is 11.9. The van der Waals surface area contributed by atoms with Crippen molar-refractivity contribution < 1.29 is 9.59 Å². The number of ketones is 2. The molecule has 0 heterocycles. The lowest BCUT2D eigenvalue weighted by atomic mass is 9.63. The number of fused-ring (bicyclic) bond motifs is 2. The van der Waals surface area contributed by atoms with E-state index in [0.29, 0.717) is 12.2 Å². The van der Waals surface area contributed by atoms with E-state index in [1.165, 1.54) is 0 Å². The van der Waals surface area contributed by atoms with Crippen molar-refractivity contribution in [3.8, 4) is 0 Å². The van der Waals surface area contributed by atoms with Crippen LogP contribution in [0.4, 0.5) is 0 Å². The zero-order valence-corrected chi connectivity index (χ0v) is 9.44. The number of carbonyl (C=O) groups excluding carboxylic acids is 2. The monoisotopic (exact) mass is 194 g/mol. The third kappa shape index (κ3) is 0.709. The topological polar surface area (TPSA) is 34.1 Å². The Morgan fingerprint density at radius 2 is 1.79 bits per heavy atom. The van der Waals surface area contributed by atoms with Gasteiger partial charge in [-0.1, -0.05) is 20.8 Å². The Bertz CT molecular complexity index is 329. The summed E-state index contributed by atoms with van der Waals surface area (Å²) in [6.07, 6.45) is 2.27. The zero-order chi connectivity index (χ0) is 10.8. The molecule has 0 aliphatic heterocycles. The Morgan fingerprint density at radius 1 is 1.21 bits per heavy atom. The average Bonchev–Trinajstić information content (AvgIpc) is 2.34. The van der Waals surface area contributed by atoms with E-state index in [-0.39, 0.29) is 22.0 Å². The molecule has 14 heavy (non-hydrogen) atoms. The molecule has 2 atom stereocenters. The fourth-order valence-electron chi connectivity index (χ4n) is 3.62. The molecule has 0 saturated heterocycles. The molecule has 2 bridgehead atoms. The van der Waals surface area contributed by atoms with Crippen LogP contribution >= 0.6 is 0 Å². The Hall–Kier alpha value is -0.660. The van der Waals surface area contributed by atoms with Gasteiger partial charge >= 0.3 is 0 Å². The lowest BCUT2D eigenvalue weighted by Gasteiger charge is -2.38. The summed E-state index contributed by atoms with van der Waals surface area (Å²) in [5.41, 5.74) is -0.750. The van der Waals surface area contributed by atoms with Crippen LogP contribution in [-0.2, 0) is 9.59 Å². The van der Waals surface area contributed by atoms with E-state index in [0.717, 1.165) is 12.8 Å². The first-order valence-corrected chi connectivity index (χ1v) is 5.32. The molecule has 0 N–H and O–H groups in total. The molecule has 2 aliphatic carbocycles. The van der Waals surface area contributed by atoms with Gasteiger partial charge in [0.2, 0.25) is 0 Å². The predicted molar refractivity (Wildman–Crippen MR) is 53.9 cm³/mol. The Morgan fingerprint density at radius 3 is 2.00 bits per heavy atom. The normalized spacial score (nSPS) is 44.4. The van der Waals surface area contributed by atoms with Crippen molar-refractivity contribution >= 4 is 11.6 Å². The van der Waals surface area contributed by atoms with Gasteiger partial charge < -0.3 is 0 Å². The zero-order valence-electron chi connectivity index (χ0n) is 9.44. The van der Waals surface area contributed by atoms with Gasteiger partial charge in [-0.3, -0.25) is 9.59 Å². The van der Waals surface area contributed by atoms with E-state index in [2.05, 4.69) is 13.8 Å². The van der Waals surface area contributed by atoms with Gasteiger partial charge in [0, 0.05) is 17.3 Å². The van der Waals surface area contributed by atoms with Crippen LogP contribution in [0.1, 0.15) is 47.0 Å². The van der Waals surface area contributed by atoms with E-state index >= 15 is 0 Å². The summed E-state index contributed by atoms with van der Waals surface area (Å²) >= 11 is 0. The minimum absolute atomic E-state index is 0.150. The predicted octanol–water partition coefficient (Wildman–Crippen LogP) is 2.36. The molecule has 2 rings (SSSR count). The minimum Gasteiger partial charge on any atom is -0.299 e. The second kappa shape index (κ2) is 2.29. The van der Waals surface area contributed by atoms with Crippen LogP contribution in [-0.4, -0.2) is 11.6 Å². The van der Waals surface area contributed by atoms with Crippen LogP contribution in [0.25, 0.3) is 0 Å². The van der Waals surface area contributed by atoms with Crippen molar-refractivity contribution in [2.75, 3.05) is 0 Å². The highest BCUT2D eigenvalue weighted by molar-refractivity contribution is 5.99. The first kappa shape index (κ1) is 9.88. The van der Waals surface area contributed by atoms with Crippen molar-refractivity contribution in [2.45, 2.75) is 47.0 Å². The molecular formula is C12H18O2. The molecule has 0 spiro atoms. The van der Waals surface area contributed by atoms with Gasteiger partial charge in [-0.05, 0) is 25.2 Å². The van der Waals surface area contributed by atoms with Gasteiger partial charge in [-0.2, -0.15) is 0 Å². The summed E-state index contributed by atoms with van der Waals surface area (Å²) in [4.78, 5) is 23.7. The molecule has 78 valence electrons. The van der Waals surface area contributed by atoms with E-state index < -0.39 is 0 Å². The lowest BCUT2D eigenvalue weighted by Crippen LogP contribution is -2.39. The molecule has 2 fully saturated rings. The number of hydrogen-bond donors (Lipinski definition) is 0. The molecule has 0 amide bonds. The van der Waals surface area contributed by atoms with Crippen LogP contribution in [0.3, 0.4) is 0 Å². The lowest BCUT2D eigenvalue weighted by molar-refractivity contribution is -0.132. The molecule has 0 aromatic rings. The highest BCUT2D eigenvalue weighted by Gasteiger charge is 2.71.